The summed E-state index contributed by atoms with van der Waals surface area (Å²) >= 11 is 0. The van der Waals surface area contributed by atoms with Gasteiger partial charge < -0.3 is 15.4 Å². The van der Waals surface area contributed by atoms with Crippen molar-refractivity contribution in [1.29, 1.82) is 5.26 Å². The van der Waals surface area contributed by atoms with Gasteiger partial charge in [-0.3, -0.25) is 14.5 Å². The van der Waals surface area contributed by atoms with Crippen LogP contribution in [-0.2, 0) is 24.3 Å². The summed E-state index contributed by atoms with van der Waals surface area (Å²) in [7, 11) is -2.30. The highest BCUT2D eigenvalue weighted by molar-refractivity contribution is 7.89. The molecule has 0 bridgehead atoms. The average Bonchev–Trinajstić information content (AvgIpc) is 2.71. The maximum Gasteiger partial charge on any atom is 0.244 e. The van der Waals surface area contributed by atoms with Crippen LogP contribution in [-0.4, -0.2) is 93.9 Å². The number of sulfonamides is 1. The number of hydrogen-bond acceptors (Lipinski definition) is 7. The van der Waals surface area contributed by atoms with Gasteiger partial charge in [0.25, 0.3) is 0 Å². The molecule has 2 amide bonds. The van der Waals surface area contributed by atoms with Crippen LogP contribution in [0, 0.1) is 11.3 Å². The Bertz CT molecular complexity index is 875. The third-order valence-electron chi connectivity index (χ3n) is 4.57. The van der Waals surface area contributed by atoms with Gasteiger partial charge in [0.05, 0.1) is 30.2 Å². The Morgan fingerprint density at radius 1 is 1.21 bits per heavy atom. The smallest absolute Gasteiger partial charge is 0.244 e. The molecule has 1 aliphatic rings. The Balaban J connectivity index is 1.99. The molecule has 0 radical (unpaired) electrons. The van der Waals surface area contributed by atoms with E-state index in [-0.39, 0.29) is 55.6 Å². The first kappa shape index (κ1) is 22.8. The second-order valence-corrected chi connectivity index (χ2v) is 8.47. The molecule has 2 N–H and O–H groups in total. The molecule has 0 atom stereocenters. The van der Waals surface area contributed by atoms with Gasteiger partial charge in [-0.1, -0.05) is 12.1 Å². The fourth-order valence-electron chi connectivity index (χ4n) is 3.05. The first-order chi connectivity index (χ1) is 13.8. The fraction of sp³-hybridized carbons (Fsp3) is 0.500. The molecule has 158 valence electrons. The largest absolute Gasteiger partial charge is 0.383 e. The van der Waals surface area contributed by atoms with Gasteiger partial charge in [0.15, 0.2) is 0 Å². The number of rotatable bonds is 9. The van der Waals surface area contributed by atoms with Crippen LogP contribution in [0.15, 0.2) is 29.2 Å². The van der Waals surface area contributed by atoms with Crippen LogP contribution in [0.4, 0.5) is 0 Å². The fourth-order valence-corrected chi connectivity index (χ4v) is 4.61. The summed E-state index contributed by atoms with van der Waals surface area (Å²) in [5, 5.41) is 9.17. The minimum atomic E-state index is -3.82. The summed E-state index contributed by atoms with van der Waals surface area (Å²) in [5.74, 6) is -0.752. The number of benzene rings is 1. The Hall–Kier alpha value is -2.52. The van der Waals surface area contributed by atoms with Crippen molar-refractivity contribution in [1.82, 2.24) is 14.1 Å². The zero-order valence-corrected chi connectivity index (χ0v) is 17.1. The summed E-state index contributed by atoms with van der Waals surface area (Å²) in [6.07, 6.45) is 0. The quantitative estimate of drug-likeness (QED) is 0.528. The van der Waals surface area contributed by atoms with Crippen LogP contribution in [0.3, 0.4) is 0 Å². The first-order valence-electron chi connectivity index (χ1n) is 9.06. The molecule has 0 aromatic heterocycles. The number of hydrogen-bond donors (Lipinski definition) is 1. The molecule has 29 heavy (non-hydrogen) atoms. The van der Waals surface area contributed by atoms with Crippen LogP contribution in [0.2, 0.25) is 0 Å². The molecular formula is C18H25N5O5S. The molecule has 1 aliphatic heterocycles. The van der Waals surface area contributed by atoms with E-state index >= 15 is 0 Å². The third-order valence-corrected chi connectivity index (χ3v) is 6.52. The van der Waals surface area contributed by atoms with Crippen molar-refractivity contribution in [3.8, 4) is 6.07 Å². The highest BCUT2D eigenvalue weighted by Crippen LogP contribution is 2.21. The van der Waals surface area contributed by atoms with Crippen LogP contribution in [0.1, 0.15) is 5.56 Å². The lowest BCUT2D eigenvalue weighted by molar-refractivity contribution is -0.134. The lowest BCUT2D eigenvalue weighted by Crippen LogP contribution is -2.53. The summed E-state index contributed by atoms with van der Waals surface area (Å²) in [4.78, 5) is 26.9. The molecule has 0 unspecified atom stereocenters. The molecule has 1 saturated heterocycles. The monoisotopic (exact) mass is 423 g/mol. The number of methoxy groups -OCH3 is 1. The van der Waals surface area contributed by atoms with E-state index in [4.69, 9.17) is 10.5 Å². The standard InChI is InChI=1S/C18H25N5O5S/c1-28-11-10-21(13-17(20)24)14-18(25)22-6-8-23(9-7-22)29(26,27)16-5-3-2-4-15(16)12-19/h2-5H,6-11,13-14H2,1H3,(H2,20,24). The van der Waals surface area contributed by atoms with Gasteiger partial charge >= 0.3 is 0 Å². The minimum Gasteiger partial charge on any atom is -0.383 e. The van der Waals surface area contributed by atoms with Crippen molar-refractivity contribution in [2.24, 2.45) is 5.73 Å². The van der Waals surface area contributed by atoms with Gasteiger partial charge in [-0.05, 0) is 12.1 Å². The molecule has 0 spiro atoms. The predicted octanol–water partition coefficient (Wildman–Crippen LogP) is -1.18. The van der Waals surface area contributed by atoms with Gasteiger partial charge in [-0.2, -0.15) is 9.57 Å². The van der Waals surface area contributed by atoms with Crippen LogP contribution in [0.5, 0.6) is 0 Å². The van der Waals surface area contributed by atoms with Gasteiger partial charge in [0.2, 0.25) is 21.8 Å². The zero-order chi connectivity index (χ0) is 21.4. The molecular weight excluding hydrogens is 398 g/mol. The SMILES string of the molecule is COCCN(CC(N)=O)CC(=O)N1CCN(S(=O)(=O)c2ccccc2C#N)CC1. The van der Waals surface area contributed by atoms with E-state index in [9.17, 15) is 23.3 Å². The van der Waals surface area contributed by atoms with Crippen molar-refractivity contribution < 1.29 is 22.7 Å². The highest BCUT2D eigenvalue weighted by atomic mass is 32.2. The second-order valence-electron chi connectivity index (χ2n) is 6.56. The van der Waals surface area contributed by atoms with Crippen molar-refractivity contribution in [3.63, 3.8) is 0 Å². The number of amides is 2. The van der Waals surface area contributed by atoms with Crippen LogP contribution >= 0.6 is 0 Å². The Labute approximate surface area is 170 Å². The maximum atomic E-state index is 12.9. The highest BCUT2D eigenvalue weighted by Gasteiger charge is 2.32. The van der Waals surface area contributed by atoms with E-state index in [1.54, 1.807) is 21.9 Å². The molecule has 1 aromatic rings. The van der Waals surface area contributed by atoms with E-state index in [0.29, 0.717) is 13.2 Å². The number of nitriles is 1. The topological polar surface area (TPSA) is 137 Å². The van der Waals surface area contributed by atoms with Gasteiger partial charge in [-0.25, -0.2) is 8.42 Å². The molecule has 11 heteroatoms. The number of primary amides is 1. The number of carbonyl (C=O) groups is 2. The summed E-state index contributed by atoms with van der Waals surface area (Å²) in [5.41, 5.74) is 5.31. The van der Waals surface area contributed by atoms with Gasteiger partial charge in [-0.15, -0.1) is 0 Å². The molecule has 1 fully saturated rings. The summed E-state index contributed by atoms with van der Waals surface area (Å²) in [6, 6.07) is 7.94. The lowest BCUT2D eigenvalue weighted by atomic mass is 10.2. The first-order valence-corrected chi connectivity index (χ1v) is 10.5. The zero-order valence-electron chi connectivity index (χ0n) is 16.3. The number of nitrogens with two attached hydrogens (primary N) is 1. The van der Waals surface area contributed by atoms with E-state index in [0.717, 1.165) is 0 Å². The van der Waals surface area contributed by atoms with Crippen molar-refractivity contribution in [3.05, 3.63) is 29.8 Å². The van der Waals surface area contributed by atoms with Crippen LogP contribution in [0.25, 0.3) is 0 Å². The Kier molecular flexibility index (Phi) is 8.10. The van der Waals surface area contributed by atoms with E-state index in [1.807, 2.05) is 6.07 Å². The van der Waals surface area contributed by atoms with Crippen LogP contribution < -0.4 is 5.73 Å². The lowest BCUT2D eigenvalue weighted by Gasteiger charge is -2.35. The molecule has 1 heterocycles. The normalized spacial score (nSPS) is 15.3. The molecule has 1 aromatic carbocycles. The van der Waals surface area contributed by atoms with E-state index in [2.05, 4.69) is 0 Å². The minimum absolute atomic E-state index is 0.00365. The predicted molar refractivity (Wildman–Crippen MR) is 104 cm³/mol. The Morgan fingerprint density at radius 3 is 2.45 bits per heavy atom. The van der Waals surface area contributed by atoms with Crippen molar-refractivity contribution >= 4 is 21.8 Å². The molecule has 0 saturated carbocycles. The average molecular weight is 423 g/mol. The van der Waals surface area contributed by atoms with E-state index < -0.39 is 15.9 Å². The number of ether oxygens (including phenoxy) is 1. The number of nitrogens with zero attached hydrogens (tertiary/aromatic N) is 4. The maximum absolute atomic E-state index is 12.9. The third kappa shape index (κ3) is 5.98. The van der Waals surface area contributed by atoms with Gasteiger partial charge in [0.1, 0.15) is 6.07 Å². The number of piperazine rings is 1. The summed E-state index contributed by atoms with van der Waals surface area (Å²) in [6.45, 7) is 1.37. The van der Waals surface area contributed by atoms with Gasteiger partial charge in [0, 0.05) is 39.8 Å². The second kappa shape index (κ2) is 10.3. The van der Waals surface area contributed by atoms with Crippen molar-refractivity contribution in [2.45, 2.75) is 4.90 Å². The molecule has 2 rings (SSSR count). The molecule has 0 aliphatic carbocycles. The van der Waals surface area contributed by atoms with E-state index in [1.165, 1.54) is 23.5 Å². The molecule has 10 nitrogen and oxygen atoms in total. The summed E-state index contributed by atoms with van der Waals surface area (Å²) < 4.78 is 32.0. The van der Waals surface area contributed by atoms with Crippen molar-refractivity contribution in [2.75, 3.05) is 59.5 Å². The number of carbonyl (C=O) groups excluding carboxylic acids is 2. The Morgan fingerprint density at radius 2 is 1.86 bits per heavy atom.